The van der Waals surface area contributed by atoms with Gasteiger partial charge in [-0.1, -0.05) is 0 Å². The molecule has 0 aromatic carbocycles. The number of aromatic nitrogens is 2. The third kappa shape index (κ3) is 3.78. The predicted molar refractivity (Wildman–Crippen MR) is 88.7 cm³/mol. The maximum atomic E-state index is 6.19. The molecule has 0 atom stereocenters. The van der Waals surface area contributed by atoms with E-state index in [1.807, 2.05) is 37.3 Å². The summed E-state index contributed by atoms with van der Waals surface area (Å²) in [5, 5.41) is 4.41. The summed E-state index contributed by atoms with van der Waals surface area (Å²) in [5.41, 5.74) is 8.69. The number of hydrogen-bond acceptors (Lipinski definition) is 4. The molecule has 2 N–H and O–H groups in total. The Morgan fingerprint density at radius 3 is 2.57 bits per heavy atom. The number of fused-ring (bicyclic) bond motifs is 1. The minimum atomic E-state index is 0. The van der Waals surface area contributed by atoms with E-state index in [1.165, 1.54) is 0 Å². The highest BCUT2D eigenvalue weighted by Gasteiger charge is 2.16. The van der Waals surface area contributed by atoms with Crippen molar-refractivity contribution in [1.82, 2.24) is 9.61 Å². The van der Waals surface area contributed by atoms with Crippen LogP contribution in [0.3, 0.4) is 0 Å². The molecule has 6 heteroatoms. The molecule has 0 amide bonds. The zero-order valence-electron chi connectivity index (χ0n) is 13.9. The van der Waals surface area contributed by atoms with Crippen LogP contribution in [0.4, 0.5) is 11.4 Å². The largest absolute Gasteiger partial charge is 0.469 e. The van der Waals surface area contributed by atoms with Gasteiger partial charge in [-0.2, -0.15) is 0 Å². The van der Waals surface area contributed by atoms with E-state index in [0.717, 1.165) is 22.2 Å². The number of ether oxygens (including phenoxy) is 1. The lowest BCUT2D eigenvalue weighted by atomic mass is 10.3. The molecule has 2 aromatic rings. The molecule has 6 nitrogen and oxygen atoms in total. The van der Waals surface area contributed by atoms with Gasteiger partial charge in [-0.3, -0.25) is 0 Å². The first-order chi connectivity index (χ1) is 9.29. The van der Waals surface area contributed by atoms with E-state index in [2.05, 4.69) is 26.2 Å². The van der Waals surface area contributed by atoms with E-state index in [9.17, 15) is 0 Å². The van der Waals surface area contributed by atoms with Crippen molar-refractivity contribution >= 4 is 16.9 Å². The van der Waals surface area contributed by atoms with Crippen molar-refractivity contribution in [2.45, 2.75) is 0 Å². The molecule has 2 heterocycles. The summed E-state index contributed by atoms with van der Waals surface area (Å²) in [5.74, 6) is 0.507. The second-order valence-corrected chi connectivity index (χ2v) is 6.16. The number of nitrogen functional groups attached to an aromatic ring is 1. The van der Waals surface area contributed by atoms with Gasteiger partial charge in [0.05, 0.1) is 26.8 Å². The third-order valence-electron chi connectivity index (χ3n) is 3.12. The topological polar surface area (TPSA) is 55.8 Å². The van der Waals surface area contributed by atoms with Crippen LogP contribution in [-0.4, -0.2) is 62.5 Å². The molecule has 0 fully saturated rings. The van der Waals surface area contributed by atoms with Crippen molar-refractivity contribution in [1.29, 1.82) is 0 Å². The van der Waals surface area contributed by atoms with Gasteiger partial charge in [0, 0.05) is 20.3 Å². The first-order valence-corrected chi connectivity index (χ1v) is 6.67. The summed E-state index contributed by atoms with van der Waals surface area (Å²) < 4.78 is 8.35. The van der Waals surface area contributed by atoms with Crippen molar-refractivity contribution in [2.24, 2.45) is 0 Å². The van der Waals surface area contributed by atoms with Gasteiger partial charge in [0.25, 0.3) is 5.88 Å². The Bertz CT molecular complexity index is 598. The maximum Gasteiger partial charge on any atom is 0.257 e. The Hall–Kier alpha value is -1.95. The fourth-order valence-electron chi connectivity index (χ4n) is 1.97. The first kappa shape index (κ1) is 17.1. The van der Waals surface area contributed by atoms with E-state index in [0.29, 0.717) is 18.2 Å². The average Bonchev–Trinajstić information content (AvgIpc) is 2.65. The van der Waals surface area contributed by atoms with Gasteiger partial charge in [-0.25, -0.2) is 4.52 Å². The number of pyridine rings is 1. The van der Waals surface area contributed by atoms with Crippen LogP contribution in [0.5, 0.6) is 5.88 Å². The quantitative estimate of drug-likeness (QED) is 0.671. The number of nitrogens with zero attached hydrogens (tertiary/aromatic N) is 4. The van der Waals surface area contributed by atoms with E-state index in [4.69, 9.17) is 10.5 Å². The van der Waals surface area contributed by atoms with Crippen LogP contribution in [0.2, 0.25) is 0 Å². The van der Waals surface area contributed by atoms with Crippen LogP contribution in [-0.2, 0) is 0 Å². The van der Waals surface area contributed by atoms with Crippen molar-refractivity contribution in [3.05, 3.63) is 25.8 Å². The Balaban J connectivity index is 0.00000220. The van der Waals surface area contributed by atoms with Crippen LogP contribution in [0, 0.1) is 7.43 Å². The summed E-state index contributed by atoms with van der Waals surface area (Å²) in [4.78, 5) is 2.02. The molecular weight excluding hydrogens is 266 g/mol. The van der Waals surface area contributed by atoms with Crippen molar-refractivity contribution in [2.75, 3.05) is 59.0 Å². The fourth-order valence-corrected chi connectivity index (χ4v) is 1.97. The van der Waals surface area contributed by atoms with Crippen molar-refractivity contribution in [3.8, 4) is 5.88 Å². The molecule has 0 spiro atoms. The minimum Gasteiger partial charge on any atom is -0.469 e. The molecule has 0 unspecified atom stereocenters. The van der Waals surface area contributed by atoms with E-state index in [1.54, 1.807) is 4.52 Å². The normalized spacial score (nSPS) is 11.3. The maximum absolute atomic E-state index is 6.19. The standard InChI is InChI=1S/C14H24N5O.CH3/c1-17(2)11-7-6-8-18-13(11)12(15)14(16-18)20-10-9-19(3,4)5;/h6-8H,9-10,15H2,1-5H3;1H3/q+1;-1. The highest BCUT2D eigenvalue weighted by Crippen LogP contribution is 2.31. The zero-order valence-corrected chi connectivity index (χ0v) is 13.9. The van der Waals surface area contributed by atoms with Gasteiger partial charge in [-0.05, 0) is 12.1 Å². The molecule has 0 saturated heterocycles. The predicted octanol–water partition coefficient (Wildman–Crippen LogP) is 1.52. The SMILES string of the molecule is CN(C)c1cccn2nc(OCC[N+](C)(C)C)c(N)c12.[CH3-]. The van der Waals surface area contributed by atoms with Gasteiger partial charge in [-0.15, -0.1) is 5.10 Å². The molecule has 0 bridgehead atoms. The molecule has 0 radical (unpaired) electrons. The molecule has 2 aromatic heterocycles. The third-order valence-corrected chi connectivity index (χ3v) is 3.12. The van der Waals surface area contributed by atoms with Crippen LogP contribution in [0.25, 0.3) is 5.52 Å². The molecule has 0 saturated carbocycles. The highest BCUT2D eigenvalue weighted by molar-refractivity contribution is 5.87. The first-order valence-electron chi connectivity index (χ1n) is 6.67. The second-order valence-electron chi connectivity index (χ2n) is 6.16. The van der Waals surface area contributed by atoms with Crippen LogP contribution >= 0.6 is 0 Å². The Labute approximate surface area is 127 Å². The Kier molecular flexibility index (Phi) is 5.06. The molecule has 0 aliphatic rings. The van der Waals surface area contributed by atoms with E-state index < -0.39 is 0 Å². The van der Waals surface area contributed by atoms with E-state index >= 15 is 0 Å². The lowest BCUT2D eigenvalue weighted by Gasteiger charge is -2.23. The van der Waals surface area contributed by atoms with Gasteiger partial charge in [0.1, 0.15) is 24.4 Å². The number of quaternary nitrogens is 1. The smallest absolute Gasteiger partial charge is 0.257 e. The minimum absolute atomic E-state index is 0. The number of likely N-dealkylation sites (N-methyl/N-ethyl adjacent to an activating group) is 1. The molecule has 2 rings (SSSR count). The summed E-state index contributed by atoms with van der Waals surface area (Å²) in [6, 6.07) is 3.97. The Morgan fingerprint density at radius 1 is 1.33 bits per heavy atom. The van der Waals surface area contributed by atoms with Crippen molar-refractivity contribution < 1.29 is 9.22 Å². The van der Waals surface area contributed by atoms with Crippen LogP contribution in [0.15, 0.2) is 18.3 Å². The molecular formula is C15H27N5O. The van der Waals surface area contributed by atoms with Gasteiger partial charge in [0.15, 0.2) is 0 Å². The highest BCUT2D eigenvalue weighted by atomic mass is 16.5. The number of anilines is 2. The van der Waals surface area contributed by atoms with Gasteiger partial charge >= 0.3 is 0 Å². The zero-order chi connectivity index (χ0) is 14.9. The monoisotopic (exact) mass is 293 g/mol. The Morgan fingerprint density at radius 2 is 2.00 bits per heavy atom. The van der Waals surface area contributed by atoms with Gasteiger partial charge in [0.2, 0.25) is 0 Å². The molecule has 0 aliphatic carbocycles. The fraction of sp³-hybridized carbons (Fsp3) is 0.467. The second kappa shape index (κ2) is 6.22. The average molecular weight is 293 g/mol. The van der Waals surface area contributed by atoms with E-state index in [-0.39, 0.29) is 7.43 Å². The summed E-state index contributed by atoms with van der Waals surface area (Å²) >= 11 is 0. The summed E-state index contributed by atoms with van der Waals surface area (Å²) in [6.07, 6.45) is 1.88. The van der Waals surface area contributed by atoms with Crippen molar-refractivity contribution in [3.63, 3.8) is 0 Å². The number of nitrogens with two attached hydrogens (primary N) is 1. The van der Waals surface area contributed by atoms with Gasteiger partial charge < -0.3 is 27.3 Å². The molecule has 118 valence electrons. The van der Waals surface area contributed by atoms with Crippen LogP contribution in [0.1, 0.15) is 0 Å². The number of rotatable bonds is 5. The van der Waals surface area contributed by atoms with Crippen LogP contribution < -0.4 is 15.4 Å². The molecule has 21 heavy (non-hydrogen) atoms. The lowest BCUT2D eigenvalue weighted by Crippen LogP contribution is -2.38. The molecule has 0 aliphatic heterocycles. The number of hydrogen-bond donors (Lipinski definition) is 1. The lowest BCUT2D eigenvalue weighted by molar-refractivity contribution is -0.870. The summed E-state index contributed by atoms with van der Waals surface area (Å²) in [6.45, 7) is 1.49. The summed E-state index contributed by atoms with van der Waals surface area (Å²) in [7, 11) is 10.3.